The first kappa shape index (κ1) is 53.1. The number of aliphatic hydroxyl groups excluding tert-OH is 2. The Kier molecular flexibility index (Phi) is 43.2. The lowest BCUT2D eigenvalue weighted by molar-refractivity contribution is -0.143. The normalized spacial score (nSPS) is 13.0. The molecule has 6 heteroatoms. The number of hydrogen-bond donors (Lipinski definition) is 3. The lowest BCUT2D eigenvalue weighted by Gasteiger charge is -2.20. The molecule has 0 rings (SSSR count). The van der Waals surface area contributed by atoms with E-state index in [9.17, 15) is 19.8 Å². The number of unbranched alkanes of at least 4 members (excludes halogenated alkanes) is 28. The molecule has 0 fully saturated rings. The van der Waals surface area contributed by atoms with E-state index < -0.39 is 12.1 Å². The van der Waals surface area contributed by atoms with Gasteiger partial charge in [-0.1, -0.05) is 204 Å². The number of carbonyl (C=O) groups is 2. The van der Waals surface area contributed by atoms with Crippen molar-refractivity contribution < 1.29 is 24.5 Å². The molecule has 0 aliphatic rings. The van der Waals surface area contributed by atoms with Gasteiger partial charge in [-0.3, -0.25) is 9.59 Å². The summed E-state index contributed by atoms with van der Waals surface area (Å²) in [7, 11) is 0. The number of hydrogen-bond acceptors (Lipinski definition) is 5. The van der Waals surface area contributed by atoms with Crippen molar-refractivity contribution in [1.29, 1.82) is 0 Å². The SMILES string of the molecule is CCCC/C=C\C/C=C\CCCCCCCC(=O)OCCCCCCCCCCCC(=O)NC(CO)C(O)/C=C/CCCCCCCCCCCCCCC. The zero-order valence-electron chi connectivity index (χ0n) is 36.4. The summed E-state index contributed by atoms with van der Waals surface area (Å²) in [6.45, 7) is 4.78. The maximum Gasteiger partial charge on any atom is 0.305 e. The van der Waals surface area contributed by atoms with Crippen molar-refractivity contribution in [2.24, 2.45) is 0 Å². The van der Waals surface area contributed by atoms with Crippen molar-refractivity contribution in [2.75, 3.05) is 13.2 Å². The van der Waals surface area contributed by atoms with Gasteiger partial charge < -0.3 is 20.3 Å². The molecule has 0 aromatic carbocycles. The Morgan fingerprint density at radius 1 is 0.509 bits per heavy atom. The van der Waals surface area contributed by atoms with E-state index >= 15 is 0 Å². The standard InChI is InChI=1S/C49H91NO5/c1-3-5-7-9-11-13-15-17-19-20-22-25-29-33-37-41-47(52)46(45-51)50-48(53)42-38-34-30-26-24-28-32-36-40-44-55-49(54)43-39-35-31-27-23-21-18-16-14-12-10-8-6-4-2/h10,12,16,18,37,41,46-47,51-52H,3-9,11,13-15,17,19-36,38-40,42-45H2,1-2H3,(H,50,53)/b12-10-,18-16-,41-37+. The minimum absolute atomic E-state index is 0.0427. The summed E-state index contributed by atoms with van der Waals surface area (Å²) in [5, 5.41) is 23.0. The van der Waals surface area contributed by atoms with Crippen LogP contribution in [0.5, 0.6) is 0 Å². The molecule has 0 bridgehead atoms. The number of carbonyl (C=O) groups excluding carboxylic acids is 2. The number of amides is 1. The van der Waals surface area contributed by atoms with Crippen LogP contribution in [0.4, 0.5) is 0 Å². The molecule has 0 aliphatic carbocycles. The van der Waals surface area contributed by atoms with Crippen molar-refractivity contribution in [3.8, 4) is 0 Å². The molecule has 0 aromatic heterocycles. The smallest absolute Gasteiger partial charge is 0.305 e. The van der Waals surface area contributed by atoms with Gasteiger partial charge >= 0.3 is 5.97 Å². The summed E-state index contributed by atoms with van der Waals surface area (Å²) < 4.78 is 5.43. The Labute approximate surface area is 341 Å². The Morgan fingerprint density at radius 3 is 1.44 bits per heavy atom. The first-order valence-corrected chi connectivity index (χ1v) is 23.8. The summed E-state index contributed by atoms with van der Waals surface area (Å²) in [5.74, 6) is -0.140. The van der Waals surface area contributed by atoms with E-state index in [2.05, 4.69) is 43.5 Å². The van der Waals surface area contributed by atoms with Crippen molar-refractivity contribution in [1.82, 2.24) is 5.32 Å². The van der Waals surface area contributed by atoms with Crippen molar-refractivity contribution in [3.05, 3.63) is 36.5 Å². The van der Waals surface area contributed by atoms with Gasteiger partial charge in [-0.15, -0.1) is 0 Å². The van der Waals surface area contributed by atoms with E-state index in [1.165, 1.54) is 141 Å². The first-order valence-electron chi connectivity index (χ1n) is 23.8. The summed E-state index contributed by atoms with van der Waals surface area (Å²) in [6.07, 6.45) is 52.7. The van der Waals surface area contributed by atoms with Gasteiger partial charge in [0.05, 0.1) is 25.4 Å². The lowest BCUT2D eigenvalue weighted by Crippen LogP contribution is -2.45. The fraction of sp³-hybridized carbons (Fsp3) is 0.837. The molecule has 2 unspecified atom stereocenters. The molecular weight excluding hydrogens is 683 g/mol. The molecule has 6 nitrogen and oxygen atoms in total. The molecule has 0 spiro atoms. The van der Waals surface area contributed by atoms with Gasteiger partial charge in [0.25, 0.3) is 0 Å². The van der Waals surface area contributed by atoms with Crippen molar-refractivity contribution >= 4 is 11.9 Å². The molecule has 3 N–H and O–H groups in total. The average Bonchev–Trinajstić information content (AvgIpc) is 3.18. The van der Waals surface area contributed by atoms with Gasteiger partial charge in [0.1, 0.15) is 0 Å². The number of ether oxygens (including phenoxy) is 1. The minimum atomic E-state index is -0.862. The van der Waals surface area contributed by atoms with Crippen LogP contribution < -0.4 is 5.32 Å². The van der Waals surface area contributed by atoms with Gasteiger partial charge in [-0.25, -0.2) is 0 Å². The third-order valence-corrected chi connectivity index (χ3v) is 10.7. The number of aliphatic hydroxyl groups is 2. The zero-order chi connectivity index (χ0) is 40.1. The van der Waals surface area contributed by atoms with Crippen LogP contribution >= 0.6 is 0 Å². The molecule has 0 aliphatic heterocycles. The second-order valence-corrected chi connectivity index (χ2v) is 16.1. The van der Waals surface area contributed by atoms with E-state index in [4.69, 9.17) is 4.74 Å². The molecule has 55 heavy (non-hydrogen) atoms. The molecule has 2 atom stereocenters. The molecule has 0 aromatic rings. The molecular formula is C49H91NO5. The number of esters is 1. The Morgan fingerprint density at radius 2 is 0.927 bits per heavy atom. The minimum Gasteiger partial charge on any atom is -0.466 e. The van der Waals surface area contributed by atoms with E-state index in [0.717, 1.165) is 70.6 Å². The highest BCUT2D eigenvalue weighted by Gasteiger charge is 2.18. The monoisotopic (exact) mass is 774 g/mol. The second-order valence-electron chi connectivity index (χ2n) is 16.1. The van der Waals surface area contributed by atoms with Crippen LogP contribution in [0.3, 0.4) is 0 Å². The fourth-order valence-corrected chi connectivity index (χ4v) is 6.94. The quantitative estimate of drug-likeness (QED) is 0.0326. The number of nitrogens with one attached hydrogen (secondary N) is 1. The van der Waals surface area contributed by atoms with Gasteiger partial charge in [0, 0.05) is 12.8 Å². The Balaban J connectivity index is 3.56. The van der Waals surface area contributed by atoms with Crippen molar-refractivity contribution in [2.45, 2.75) is 251 Å². The van der Waals surface area contributed by atoms with E-state index in [1.54, 1.807) is 6.08 Å². The summed E-state index contributed by atoms with van der Waals surface area (Å²) in [5.41, 5.74) is 0. The average molecular weight is 774 g/mol. The van der Waals surface area contributed by atoms with Gasteiger partial charge in [0.2, 0.25) is 5.91 Å². The molecule has 1 amide bonds. The zero-order valence-corrected chi connectivity index (χ0v) is 36.4. The summed E-state index contributed by atoms with van der Waals surface area (Å²) in [4.78, 5) is 24.4. The predicted octanol–water partition coefficient (Wildman–Crippen LogP) is 13.7. The first-order chi connectivity index (χ1) is 27.0. The second kappa shape index (κ2) is 44.8. The Bertz CT molecular complexity index is 900. The molecule has 322 valence electrons. The molecule has 0 saturated heterocycles. The van der Waals surface area contributed by atoms with Gasteiger partial charge in [-0.2, -0.15) is 0 Å². The third kappa shape index (κ3) is 41.5. The van der Waals surface area contributed by atoms with Crippen LogP contribution in [0.2, 0.25) is 0 Å². The van der Waals surface area contributed by atoms with E-state index in [0.29, 0.717) is 19.4 Å². The summed E-state index contributed by atoms with van der Waals surface area (Å²) in [6, 6.07) is -0.649. The summed E-state index contributed by atoms with van der Waals surface area (Å²) >= 11 is 0. The van der Waals surface area contributed by atoms with Gasteiger partial charge in [0.15, 0.2) is 0 Å². The largest absolute Gasteiger partial charge is 0.466 e. The maximum atomic E-state index is 12.4. The lowest BCUT2D eigenvalue weighted by atomic mass is 10.0. The topological polar surface area (TPSA) is 95.9 Å². The van der Waals surface area contributed by atoms with Crippen LogP contribution in [0.25, 0.3) is 0 Å². The van der Waals surface area contributed by atoms with E-state index in [1.807, 2.05) is 6.08 Å². The fourth-order valence-electron chi connectivity index (χ4n) is 6.94. The highest BCUT2D eigenvalue weighted by Crippen LogP contribution is 2.15. The number of rotatable bonds is 43. The van der Waals surface area contributed by atoms with Crippen LogP contribution in [-0.4, -0.2) is 47.4 Å². The highest BCUT2D eigenvalue weighted by atomic mass is 16.5. The van der Waals surface area contributed by atoms with Crippen LogP contribution in [-0.2, 0) is 14.3 Å². The molecule has 0 saturated carbocycles. The highest BCUT2D eigenvalue weighted by molar-refractivity contribution is 5.76. The maximum absolute atomic E-state index is 12.4. The van der Waals surface area contributed by atoms with Crippen LogP contribution in [0.1, 0.15) is 239 Å². The third-order valence-electron chi connectivity index (χ3n) is 10.7. The Hall–Kier alpha value is -1.92. The van der Waals surface area contributed by atoms with Crippen LogP contribution in [0.15, 0.2) is 36.5 Å². The number of allylic oxidation sites excluding steroid dienone is 5. The van der Waals surface area contributed by atoms with Crippen molar-refractivity contribution in [3.63, 3.8) is 0 Å². The van der Waals surface area contributed by atoms with E-state index in [-0.39, 0.29) is 18.5 Å². The van der Waals surface area contributed by atoms with Crippen LogP contribution in [0, 0.1) is 0 Å². The molecule has 0 radical (unpaired) electrons. The predicted molar refractivity (Wildman–Crippen MR) is 236 cm³/mol. The van der Waals surface area contributed by atoms with Gasteiger partial charge in [-0.05, 0) is 57.8 Å². The molecule has 0 heterocycles.